The van der Waals surface area contributed by atoms with Gasteiger partial charge < -0.3 is 9.64 Å². The van der Waals surface area contributed by atoms with Crippen LogP contribution in [0.2, 0.25) is 0 Å². The van der Waals surface area contributed by atoms with Gasteiger partial charge in [0, 0.05) is 13.1 Å². The van der Waals surface area contributed by atoms with Gasteiger partial charge in [-0.25, -0.2) is 0 Å². The summed E-state index contributed by atoms with van der Waals surface area (Å²) < 4.78 is 43.0. The molecule has 0 radical (unpaired) electrons. The molecule has 7 heteroatoms. The quantitative estimate of drug-likeness (QED) is 0.768. The van der Waals surface area contributed by atoms with Gasteiger partial charge in [-0.2, -0.15) is 13.2 Å². The van der Waals surface area contributed by atoms with Crippen LogP contribution in [0.5, 0.6) is 0 Å². The second-order valence-corrected chi connectivity index (χ2v) is 3.89. The van der Waals surface area contributed by atoms with Crippen LogP contribution in [-0.4, -0.2) is 26.3 Å². The lowest BCUT2D eigenvalue weighted by Gasteiger charge is -2.29. The van der Waals surface area contributed by atoms with Crippen molar-refractivity contribution in [3.8, 4) is 0 Å². The van der Waals surface area contributed by atoms with E-state index in [9.17, 15) is 18.1 Å². The highest BCUT2D eigenvalue weighted by molar-refractivity contribution is 5.68. The first kappa shape index (κ1) is 12.8. The first-order valence-corrected chi connectivity index (χ1v) is 5.39. The number of rotatable bonds is 2. The monoisotopic (exact) mass is 260 g/mol. The minimum Gasteiger partial charge on any atom is -0.378 e. The van der Waals surface area contributed by atoms with Crippen LogP contribution in [0.15, 0.2) is 23.4 Å². The third-order valence-electron chi connectivity index (χ3n) is 2.75. The van der Waals surface area contributed by atoms with Crippen molar-refractivity contribution >= 4 is 11.4 Å². The average Bonchev–Trinajstić information content (AvgIpc) is 2.38. The summed E-state index contributed by atoms with van der Waals surface area (Å²) >= 11 is 0. The molecule has 1 aromatic carbocycles. The van der Waals surface area contributed by atoms with Crippen LogP contribution in [0.3, 0.4) is 0 Å². The average molecular weight is 260 g/mol. The zero-order chi connectivity index (χ0) is 13.2. The summed E-state index contributed by atoms with van der Waals surface area (Å²) in [4.78, 5) is 12.3. The highest BCUT2D eigenvalue weighted by Gasteiger charge is 2.32. The first-order chi connectivity index (χ1) is 8.52. The Balaban J connectivity index is 2.38. The molecule has 0 saturated carbocycles. The summed E-state index contributed by atoms with van der Waals surface area (Å²) in [7, 11) is 0. The number of nitrogens with zero attached hydrogens (tertiary/aromatic N) is 2. The molecular weight excluding hydrogens is 249 g/mol. The summed E-state index contributed by atoms with van der Waals surface area (Å²) in [6.45, 7) is 1.75. The van der Waals surface area contributed by atoms with Gasteiger partial charge in [-0.15, -0.1) is 4.91 Å². The molecule has 4 nitrogen and oxygen atoms in total. The van der Waals surface area contributed by atoms with Gasteiger partial charge in [-0.05, 0) is 23.4 Å². The largest absolute Gasteiger partial charge is 0.416 e. The van der Waals surface area contributed by atoms with Gasteiger partial charge in [0.2, 0.25) is 0 Å². The number of morpholine rings is 1. The maximum absolute atomic E-state index is 12.6. The Morgan fingerprint density at radius 1 is 1.22 bits per heavy atom. The molecule has 0 atom stereocenters. The van der Waals surface area contributed by atoms with Gasteiger partial charge in [0.1, 0.15) is 5.69 Å². The van der Waals surface area contributed by atoms with Crippen molar-refractivity contribution in [1.82, 2.24) is 0 Å². The normalized spacial score (nSPS) is 16.7. The van der Waals surface area contributed by atoms with E-state index in [4.69, 9.17) is 4.74 Å². The molecule has 1 aromatic rings. The van der Waals surface area contributed by atoms with Crippen LogP contribution >= 0.6 is 0 Å². The lowest BCUT2D eigenvalue weighted by atomic mass is 10.1. The molecule has 1 saturated heterocycles. The summed E-state index contributed by atoms with van der Waals surface area (Å²) in [6, 6.07) is 2.92. The van der Waals surface area contributed by atoms with E-state index in [1.807, 2.05) is 0 Å². The Morgan fingerprint density at radius 3 is 2.44 bits per heavy atom. The Morgan fingerprint density at radius 2 is 1.89 bits per heavy atom. The molecule has 0 aromatic heterocycles. The number of halogens is 3. The maximum Gasteiger partial charge on any atom is 0.416 e. The van der Waals surface area contributed by atoms with E-state index in [0.29, 0.717) is 26.3 Å². The predicted molar refractivity (Wildman–Crippen MR) is 59.9 cm³/mol. The van der Waals surface area contributed by atoms with Crippen LogP contribution in [0.1, 0.15) is 5.56 Å². The van der Waals surface area contributed by atoms with E-state index in [2.05, 4.69) is 5.18 Å². The number of nitroso groups, excluding NO2 is 1. The van der Waals surface area contributed by atoms with E-state index in [0.717, 1.165) is 18.2 Å². The molecule has 0 bridgehead atoms. The minimum absolute atomic E-state index is 0.0184. The second kappa shape index (κ2) is 4.93. The Bertz CT molecular complexity index is 442. The standard InChI is InChI=1S/C11H11F3N2O2/c12-11(13,14)8-1-2-9(15-17)10(7-8)16-3-5-18-6-4-16/h1-2,7H,3-6H2. The van der Waals surface area contributed by atoms with E-state index in [-0.39, 0.29) is 11.4 Å². The van der Waals surface area contributed by atoms with Crippen molar-refractivity contribution in [1.29, 1.82) is 0 Å². The minimum atomic E-state index is -4.43. The topological polar surface area (TPSA) is 41.9 Å². The van der Waals surface area contributed by atoms with Crippen molar-refractivity contribution in [3.05, 3.63) is 28.7 Å². The summed E-state index contributed by atoms with van der Waals surface area (Å²) in [5, 5.41) is 2.77. The third kappa shape index (κ3) is 2.61. The van der Waals surface area contributed by atoms with E-state index < -0.39 is 11.7 Å². The van der Waals surface area contributed by atoms with E-state index in [1.165, 1.54) is 0 Å². The van der Waals surface area contributed by atoms with Crippen LogP contribution in [0.4, 0.5) is 24.5 Å². The smallest absolute Gasteiger partial charge is 0.378 e. The molecule has 18 heavy (non-hydrogen) atoms. The molecule has 0 spiro atoms. The number of hydrogen-bond donors (Lipinski definition) is 0. The lowest BCUT2D eigenvalue weighted by Crippen LogP contribution is -2.36. The molecule has 0 amide bonds. The fourth-order valence-corrected chi connectivity index (χ4v) is 1.83. The van der Waals surface area contributed by atoms with E-state index in [1.54, 1.807) is 4.90 Å². The Labute approximate surface area is 101 Å². The van der Waals surface area contributed by atoms with Crippen molar-refractivity contribution in [2.24, 2.45) is 5.18 Å². The van der Waals surface area contributed by atoms with Gasteiger partial charge in [-0.1, -0.05) is 0 Å². The number of ether oxygens (including phenoxy) is 1. The number of benzene rings is 1. The van der Waals surface area contributed by atoms with E-state index >= 15 is 0 Å². The SMILES string of the molecule is O=Nc1ccc(C(F)(F)F)cc1N1CCOCC1. The van der Waals surface area contributed by atoms with Crippen LogP contribution in [0, 0.1) is 4.91 Å². The second-order valence-electron chi connectivity index (χ2n) is 3.89. The molecule has 0 aliphatic carbocycles. The lowest BCUT2D eigenvalue weighted by molar-refractivity contribution is -0.137. The molecule has 1 aliphatic heterocycles. The molecule has 1 fully saturated rings. The fraction of sp³-hybridized carbons (Fsp3) is 0.455. The molecule has 0 N–H and O–H groups in total. The van der Waals surface area contributed by atoms with Crippen LogP contribution < -0.4 is 4.90 Å². The first-order valence-electron chi connectivity index (χ1n) is 5.39. The zero-order valence-electron chi connectivity index (χ0n) is 9.41. The molecular formula is C11H11F3N2O2. The molecule has 98 valence electrons. The van der Waals surface area contributed by atoms with Crippen LogP contribution in [0.25, 0.3) is 0 Å². The predicted octanol–water partition coefficient (Wildman–Crippen LogP) is 2.94. The zero-order valence-corrected chi connectivity index (χ0v) is 9.41. The maximum atomic E-state index is 12.6. The van der Waals surface area contributed by atoms with Gasteiger partial charge >= 0.3 is 6.18 Å². The van der Waals surface area contributed by atoms with Gasteiger partial charge in [-0.3, -0.25) is 0 Å². The van der Waals surface area contributed by atoms with Gasteiger partial charge in [0.15, 0.2) is 0 Å². The molecule has 0 unspecified atom stereocenters. The number of hydrogen-bond acceptors (Lipinski definition) is 4. The summed E-state index contributed by atoms with van der Waals surface area (Å²) in [5.41, 5.74) is -0.551. The molecule has 2 rings (SSSR count). The van der Waals surface area contributed by atoms with Gasteiger partial charge in [0.25, 0.3) is 0 Å². The van der Waals surface area contributed by atoms with Crippen molar-refractivity contribution in [2.45, 2.75) is 6.18 Å². The fourth-order valence-electron chi connectivity index (χ4n) is 1.83. The summed E-state index contributed by atoms with van der Waals surface area (Å²) in [5.74, 6) is 0. The Kier molecular flexibility index (Phi) is 3.51. The highest BCUT2D eigenvalue weighted by atomic mass is 19.4. The van der Waals surface area contributed by atoms with Crippen molar-refractivity contribution in [2.75, 3.05) is 31.2 Å². The molecule has 1 aliphatic rings. The van der Waals surface area contributed by atoms with Crippen molar-refractivity contribution in [3.63, 3.8) is 0 Å². The van der Waals surface area contributed by atoms with Gasteiger partial charge in [0.05, 0.1) is 24.5 Å². The van der Waals surface area contributed by atoms with Crippen LogP contribution in [-0.2, 0) is 10.9 Å². The Hall–Kier alpha value is -1.63. The highest BCUT2D eigenvalue weighted by Crippen LogP contribution is 2.36. The number of alkyl halides is 3. The van der Waals surface area contributed by atoms with Crippen molar-refractivity contribution < 1.29 is 17.9 Å². The number of anilines is 1. The molecule has 1 heterocycles. The third-order valence-corrected chi connectivity index (χ3v) is 2.75. The summed E-state index contributed by atoms with van der Waals surface area (Å²) in [6.07, 6.45) is -4.43.